The Bertz CT molecular complexity index is 609. The zero-order valence-corrected chi connectivity index (χ0v) is 13.5. The third-order valence-corrected chi connectivity index (χ3v) is 5.25. The van der Waals surface area contributed by atoms with Crippen LogP contribution in [-0.2, 0) is 0 Å². The van der Waals surface area contributed by atoms with Crippen molar-refractivity contribution in [3.63, 3.8) is 0 Å². The highest BCUT2D eigenvalue weighted by Gasteiger charge is 2.32. The highest BCUT2D eigenvalue weighted by molar-refractivity contribution is 5.86. The summed E-state index contributed by atoms with van der Waals surface area (Å²) >= 11 is 0. The molecule has 1 aliphatic rings. The Kier molecular flexibility index (Phi) is 4.03. The number of hydrogen-bond acceptors (Lipinski definition) is 1. The highest BCUT2D eigenvalue weighted by atomic mass is 15.0. The maximum Gasteiger partial charge on any atom is 0.0300 e. The average molecular weight is 281 g/mol. The van der Waals surface area contributed by atoms with Gasteiger partial charge in [-0.3, -0.25) is 0 Å². The standard InChI is InChI=1S/C20H27N/c1-15(21-19-13-6-7-14-20(19,2)3)17-12-8-10-16-9-4-5-11-18(16)17/h4-5,8-12,15,19,21H,6-7,13-14H2,1-3H3. The van der Waals surface area contributed by atoms with Crippen molar-refractivity contribution in [3.05, 3.63) is 48.0 Å². The molecule has 0 amide bonds. The van der Waals surface area contributed by atoms with E-state index in [0.29, 0.717) is 17.5 Å². The molecule has 1 heteroatoms. The molecule has 3 rings (SSSR count). The number of fused-ring (bicyclic) bond motifs is 1. The molecule has 0 bridgehead atoms. The summed E-state index contributed by atoms with van der Waals surface area (Å²) in [6, 6.07) is 16.4. The Morgan fingerprint density at radius 3 is 2.62 bits per heavy atom. The van der Waals surface area contributed by atoms with E-state index in [9.17, 15) is 0 Å². The molecule has 1 fully saturated rings. The zero-order chi connectivity index (χ0) is 14.9. The third-order valence-electron chi connectivity index (χ3n) is 5.25. The van der Waals surface area contributed by atoms with E-state index in [1.54, 1.807) is 0 Å². The van der Waals surface area contributed by atoms with Crippen LogP contribution in [0.1, 0.15) is 58.1 Å². The highest BCUT2D eigenvalue weighted by Crippen LogP contribution is 2.37. The van der Waals surface area contributed by atoms with Gasteiger partial charge in [-0.25, -0.2) is 0 Å². The fourth-order valence-corrected chi connectivity index (χ4v) is 3.82. The predicted octanol–water partition coefficient (Wildman–Crippen LogP) is 5.46. The molecule has 0 spiro atoms. The summed E-state index contributed by atoms with van der Waals surface area (Å²) in [6.45, 7) is 7.14. The first-order valence-corrected chi connectivity index (χ1v) is 8.32. The summed E-state index contributed by atoms with van der Waals surface area (Å²) in [6.07, 6.45) is 5.40. The lowest BCUT2D eigenvalue weighted by atomic mass is 9.73. The first kappa shape index (κ1) is 14.6. The first-order valence-electron chi connectivity index (χ1n) is 8.32. The maximum atomic E-state index is 3.92. The summed E-state index contributed by atoms with van der Waals surface area (Å²) < 4.78 is 0. The molecule has 1 aliphatic carbocycles. The van der Waals surface area contributed by atoms with Crippen molar-refractivity contribution in [1.82, 2.24) is 5.32 Å². The smallest absolute Gasteiger partial charge is 0.0300 e. The number of nitrogens with one attached hydrogen (secondary N) is 1. The van der Waals surface area contributed by atoms with Crippen LogP contribution in [0.3, 0.4) is 0 Å². The minimum Gasteiger partial charge on any atom is -0.307 e. The molecule has 1 N–H and O–H groups in total. The van der Waals surface area contributed by atoms with E-state index in [1.165, 1.54) is 42.0 Å². The summed E-state index contributed by atoms with van der Waals surface area (Å²) in [5, 5.41) is 6.64. The van der Waals surface area contributed by atoms with Gasteiger partial charge in [-0.05, 0) is 41.5 Å². The number of rotatable bonds is 3. The van der Waals surface area contributed by atoms with E-state index in [4.69, 9.17) is 0 Å². The van der Waals surface area contributed by atoms with E-state index < -0.39 is 0 Å². The van der Waals surface area contributed by atoms with Crippen LogP contribution in [0.2, 0.25) is 0 Å². The van der Waals surface area contributed by atoms with Crippen molar-refractivity contribution in [3.8, 4) is 0 Å². The van der Waals surface area contributed by atoms with Gasteiger partial charge in [0.15, 0.2) is 0 Å². The Labute approximate surface area is 128 Å². The molecule has 2 unspecified atom stereocenters. The summed E-state index contributed by atoms with van der Waals surface area (Å²) in [5.41, 5.74) is 1.84. The second-order valence-electron chi connectivity index (χ2n) is 7.24. The van der Waals surface area contributed by atoms with Gasteiger partial charge in [-0.1, -0.05) is 69.2 Å². The fourth-order valence-electron chi connectivity index (χ4n) is 3.82. The lowest BCUT2D eigenvalue weighted by Gasteiger charge is -2.41. The summed E-state index contributed by atoms with van der Waals surface area (Å²) in [7, 11) is 0. The molecular weight excluding hydrogens is 254 g/mol. The van der Waals surface area contributed by atoms with Crippen LogP contribution >= 0.6 is 0 Å². The van der Waals surface area contributed by atoms with Crippen molar-refractivity contribution >= 4 is 10.8 Å². The van der Waals surface area contributed by atoms with Gasteiger partial charge < -0.3 is 5.32 Å². The molecule has 0 saturated heterocycles. The molecule has 2 atom stereocenters. The van der Waals surface area contributed by atoms with Crippen LogP contribution in [0, 0.1) is 5.41 Å². The second kappa shape index (κ2) is 5.81. The largest absolute Gasteiger partial charge is 0.307 e. The average Bonchev–Trinajstić information content (AvgIpc) is 2.48. The van der Waals surface area contributed by atoms with Gasteiger partial charge in [-0.15, -0.1) is 0 Å². The molecule has 2 aromatic carbocycles. The van der Waals surface area contributed by atoms with Gasteiger partial charge in [0.1, 0.15) is 0 Å². The van der Waals surface area contributed by atoms with Crippen molar-refractivity contribution in [1.29, 1.82) is 0 Å². The Balaban J connectivity index is 1.85. The molecule has 2 aromatic rings. The van der Waals surface area contributed by atoms with Gasteiger partial charge >= 0.3 is 0 Å². The Morgan fingerprint density at radius 1 is 1.05 bits per heavy atom. The van der Waals surface area contributed by atoms with E-state index in [1.807, 2.05) is 0 Å². The normalized spacial score (nSPS) is 23.1. The summed E-state index contributed by atoms with van der Waals surface area (Å²) in [5.74, 6) is 0. The van der Waals surface area contributed by atoms with Crippen molar-refractivity contribution in [2.75, 3.05) is 0 Å². The SMILES string of the molecule is CC(NC1CCCCC1(C)C)c1cccc2ccccc12. The lowest BCUT2D eigenvalue weighted by Crippen LogP contribution is -2.45. The van der Waals surface area contributed by atoms with Crippen LogP contribution in [-0.4, -0.2) is 6.04 Å². The molecule has 0 aromatic heterocycles. The van der Waals surface area contributed by atoms with Crippen LogP contribution in [0.15, 0.2) is 42.5 Å². The number of hydrogen-bond donors (Lipinski definition) is 1. The van der Waals surface area contributed by atoms with Crippen LogP contribution < -0.4 is 5.32 Å². The van der Waals surface area contributed by atoms with E-state index >= 15 is 0 Å². The van der Waals surface area contributed by atoms with Gasteiger partial charge in [0.2, 0.25) is 0 Å². The molecule has 1 nitrogen and oxygen atoms in total. The van der Waals surface area contributed by atoms with Crippen molar-refractivity contribution in [2.45, 2.75) is 58.5 Å². The molecular formula is C20H27N. The van der Waals surface area contributed by atoms with Crippen molar-refractivity contribution in [2.24, 2.45) is 5.41 Å². The predicted molar refractivity (Wildman–Crippen MR) is 91.5 cm³/mol. The van der Waals surface area contributed by atoms with Gasteiger partial charge in [-0.2, -0.15) is 0 Å². The molecule has 0 heterocycles. The Morgan fingerprint density at radius 2 is 1.81 bits per heavy atom. The molecule has 0 radical (unpaired) electrons. The maximum absolute atomic E-state index is 3.92. The van der Waals surface area contributed by atoms with Gasteiger partial charge in [0.25, 0.3) is 0 Å². The lowest BCUT2D eigenvalue weighted by molar-refractivity contribution is 0.158. The molecule has 112 valence electrons. The van der Waals surface area contributed by atoms with Crippen molar-refractivity contribution < 1.29 is 0 Å². The summed E-state index contributed by atoms with van der Waals surface area (Å²) in [4.78, 5) is 0. The molecule has 21 heavy (non-hydrogen) atoms. The van der Waals surface area contributed by atoms with Crippen LogP contribution in [0.4, 0.5) is 0 Å². The van der Waals surface area contributed by atoms with Gasteiger partial charge in [0.05, 0.1) is 0 Å². The second-order valence-corrected chi connectivity index (χ2v) is 7.24. The Hall–Kier alpha value is -1.34. The van der Waals surface area contributed by atoms with E-state index in [0.717, 1.165) is 0 Å². The van der Waals surface area contributed by atoms with E-state index in [2.05, 4.69) is 68.6 Å². The number of benzene rings is 2. The van der Waals surface area contributed by atoms with Gasteiger partial charge in [0, 0.05) is 12.1 Å². The van der Waals surface area contributed by atoms with Crippen LogP contribution in [0.5, 0.6) is 0 Å². The fraction of sp³-hybridized carbons (Fsp3) is 0.500. The topological polar surface area (TPSA) is 12.0 Å². The molecule has 0 aliphatic heterocycles. The minimum absolute atomic E-state index is 0.401. The minimum atomic E-state index is 0.401. The first-order chi connectivity index (χ1) is 10.1. The quantitative estimate of drug-likeness (QED) is 0.787. The monoisotopic (exact) mass is 281 g/mol. The third kappa shape index (κ3) is 2.98. The van der Waals surface area contributed by atoms with Crippen LogP contribution in [0.25, 0.3) is 10.8 Å². The molecule has 1 saturated carbocycles. The van der Waals surface area contributed by atoms with E-state index in [-0.39, 0.29) is 0 Å². The zero-order valence-electron chi connectivity index (χ0n) is 13.5.